The van der Waals surface area contributed by atoms with E-state index in [1.54, 1.807) is 0 Å². The third kappa shape index (κ3) is 4.25. The lowest BCUT2D eigenvalue weighted by molar-refractivity contribution is 0.282. The van der Waals surface area contributed by atoms with Crippen molar-refractivity contribution in [2.75, 3.05) is 18.4 Å². The molecule has 1 rings (SSSR count). The summed E-state index contributed by atoms with van der Waals surface area (Å²) in [6.45, 7) is 5.60. The van der Waals surface area contributed by atoms with Crippen molar-refractivity contribution in [3.8, 4) is 0 Å². The summed E-state index contributed by atoms with van der Waals surface area (Å²) in [5.41, 5.74) is 1.41. The summed E-state index contributed by atoms with van der Waals surface area (Å²) in [4.78, 5) is 2.47. The second kappa shape index (κ2) is 7.02. The second-order valence-electron chi connectivity index (χ2n) is 3.40. The summed E-state index contributed by atoms with van der Waals surface area (Å²) in [5, 5.41) is 1.10. The molecule has 0 radical (unpaired) electrons. The highest BCUT2D eigenvalue weighted by molar-refractivity contribution is 9.09. The maximum Gasteiger partial charge on any atom is 0.0233 e. The number of halogens is 1. The normalized spacial score (nSPS) is 10.8. The zero-order chi connectivity index (χ0) is 10.2. The predicted molar refractivity (Wildman–Crippen MR) is 65.8 cm³/mol. The van der Waals surface area contributed by atoms with Gasteiger partial charge in [0.15, 0.2) is 0 Å². The van der Waals surface area contributed by atoms with Gasteiger partial charge < -0.3 is 0 Å². The smallest absolute Gasteiger partial charge is 0.0233 e. The molecule has 0 saturated heterocycles. The Morgan fingerprint density at radius 1 is 1.21 bits per heavy atom. The summed E-state index contributed by atoms with van der Waals surface area (Å²) in [5.74, 6) is 0. The molecular formula is C12H18BrN. The van der Waals surface area contributed by atoms with Gasteiger partial charge in [-0.2, -0.15) is 0 Å². The first-order valence-corrected chi connectivity index (χ1v) is 6.31. The number of hydrogen-bond donors (Lipinski definition) is 0. The maximum absolute atomic E-state index is 3.47. The highest BCUT2D eigenvalue weighted by Gasteiger charge is 2.01. The molecule has 0 bridgehead atoms. The maximum atomic E-state index is 3.47. The van der Waals surface area contributed by atoms with Crippen LogP contribution >= 0.6 is 15.9 Å². The van der Waals surface area contributed by atoms with Crippen LogP contribution in [0.25, 0.3) is 0 Å². The molecule has 2 heteroatoms. The quantitative estimate of drug-likeness (QED) is 0.706. The Hall–Kier alpha value is -0.340. The third-order valence-corrected chi connectivity index (χ3v) is 2.86. The molecule has 0 fully saturated rings. The molecule has 0 aliphatic rings. The average Bonchev–Trinajstić information content (AvgIpc) is 2.25. The van der Waals surface area contributed by atoms with Gasteiger partial charge in [0, 0.05) is 11.9 Å². The van der Waals surface area contributed by atoms with E-state index in [9.17, 15) is 0 Å². The molecule has 0 aliphatic carbocycles. The van der Waals surface area contributed by atoms with Crippen molar-refractivity contribution >= 4 is 15.9 Å². The predicted octanol–water partition coefficient (Wildman–Crippen LogP) is 3.29. The fraction of sp³-hybridized carbons (Fsp3) is 0.500. The Morgan fingerprint density at radius 3 is 2.50 bits per heavy atom. The van der Waals surface area contributed by atoms with Crippen molar-refractivity contribution in [1.29, 1.82) is 0 Å². The van der Waals surface area contributed by atoms with Crippen LogP contribution < -0.4 is 0 Å². The van der Waals surface area contributed by atoms with E-state index in [1.807, 2.05) is 0 Å². The molecule has 0 N–H and O–H groups in total. The van der Waals surface area contributed by atoms with Gasteiger partial charge >= 0.3 is 0 Å². The molecule has 0 heterocycles. The lowest BCUT2D eigenvalue weighted by atomic mass is 10.2. The zero-order valence-corrected chi connectivity index (χ0v) is 10.3. The van der Waals surface area contributed by atoms with Crippen molar-refractivity contribution in [1.82, 2.24) is 4.90 Å². The minimum atomic E-state index is 1.07. The van der Waals surface area contributed by atoms with Gasteiger partial charge in [0.1, 0.15) is 0 Å². The molecule has 0 unspecified atom stereocenters. The van der Waals surface area contributed by atoms with Crippen LogP contribution in [0.1, 0.15) is 18.9 Å². The highest BCUT2D eigenvalue weighted by Crippen LogP contribution is 2.05. The molecule has 0 atom stereocenters. The van der Waals surface area contributed by atoms with Crippen LogP contribution in [0.15, 0.2) is 30.3 Å². The monoisotopic (exact) mass is 255 g/mol. The number of benzene rings is 1. The molecule has 78 valence electrons. The van der Waals surface area contributed by atoms with Crippen LogP contribution in [0.3, 0.4) is 0 Å². The van der Waals surface area contributed by atoms with Crippen LogP contribution in [-0.2, 0) is 6.54 Å². The summed E-state index contributed by atoms with van der Waals surface area (Å²) >= 11 is 3.47. The number of nitrogens with zero attached hydrogens (tertiary/aromatic N) is 1. The van der Waals surface area contributed by atoms with E-state index in [4.69, 9.17) is 0 Å². The van der Waals surface area contributed by atoms with Crippen molar-refractivity contribution in [3.63, 3.8) is 0 Å². The fourth-order valence-electron chi connectivity index (χ4n) is 1.47. The number of alkyl halides is 1. The molecule has 1 aromatic carbocycles. The molecule has 1 nitrogen and oxygen atoms in total. The van der Waals surface area contributed by atoms with Crippen molar-refractivity contribution in [3.05, 3.63) is 35.9 Å². The molecular weight excluding hydrogens is 238 g/mol. The van der Waals surface area contributed by atoms with Crippen molar-refractivity contribution < 1.29 is 0 Å². The van der Waals surface area contributed by atoms with Gasteiger partial charge in [0.2, 0.25) is 0 Å². The Bertz CT molecular complexity index is 235. The summed E-state index contributed by atoms with van der Waals surface area (Å²) in [6, 6.07) is 10.7. The van der Waals surface area contributed by atoms with Crippen LogP contribution in [0, 0.1) is 0 Å². The fourth-order valence-corrected chi connectivity index (χ4v) is 1.72. The van der Waals surface area contributed by atoms with Gasteiger partial charge in [0.05, 0.1) is 0 Å². The Labute approximate surface area is 95.2 Å². The first-order chi connectivity index (χ1) is 6.86. The van der Waals surface area contributed by atoms with Gasteiger partial charge in [-0.1, -0.05) is 53.2 Å². The first kappa shape index (κ1) is 11.7. The summed E-state index contributed by atoms with van der Waals surface area (Å²) in [7, 11) is 0. The Morgan fingerprint density at radius 2 is 1.93 bits per heavy atom. The van der Waals surface area contributed by atoms with E-state index in [2.05, 4.69) is 58.1 Å². The molecule has 0 spiro atoms. The second-order valence-corrected chi connectivity index (χ2v) is 4.19. The van der Waals surface area contributed by atoms with Crippen LogP contribution in [0.5, 0.6) is 0 Å². The highest BCUT2D eigenvalue weighted by atomic mass is 79.9. The topological polar surface area (TPSA) is 3.24 Å². The molecule has 0 aromatic heterocycles. The van der Waals surface area contributed by atoms with E-state index < -0.39 is 0 Å². The van der Waals surface area contributed by atoms with Crippen LogP contribution in [-0.4, -0.2) is 23.3 Å². The van der Waals surface area contributed by atoms with E-state index in [0.29, 0.717) is 0 Å². The van der Waals surface area contributed by atoms with Gasteiger partial charge in [-0.15, -0.1) is 0 Å². The van der Waals surface area contributed by atoms with E-state index in [1.165, 1.54) is 18.5 Å². The van der Waals surface area contributed by atoms with Crippen LogP contribution in [0.4, 0.5) is 0 Å². The minimum absolute atomic E-state index is 1.07. The van der Waals surface area contributed by atoms with Crippen molar-refractivity contribution in [2.45, 2.75) is 19.9 Å². The minimum Gasteiger partial charge on any atom is -0.299 e. The lowest BCUT2D eigenvalue weighted by Crippen LogP contribution is -2.24. The Balaban J connectivity index is 2.40. The van der Waals surface area contributed by atoms with Crippen molar-refractivity contribution in [2.24, 2.45) is 0 Å². The lowest BCUT2D eigenvalue weighted by Gasteiger charge is -2.19. The van der Waals surface area contributed by atoms with E-state index >= 15 is 0 Å². The van der Waals surface area contributed by atoms with Gasteiger partial charge in [-0.3, -0.25) is 4.90 Å². The van der Waals surface area contributed by atoms with Gasteiger partial charge in [-0.25, -0.2) is 0 Å². The van der Waals surface area contributed by atoms with E-state index in [-0.39, 0.29) is 0 Å². The molecule has 0 saturated carbocycles. The molecule has 0 amide bonds. The average molecular weight is 256 g/mol. The molecule has 1 aromatic rings. The molecule has 0 aliphatic heterocycles. The van der Waals surface area contributed by atoms with Gasteiger partial charge in [0.25, 0.3) is 0 Å². The number of hydrogen-bond acceptors (Lipinski definition) is 1. The third-order valence-electron chi connectivity index (χ3n) is 2.30. The molecule has 14 heavy (non-hydrogen) atoms. The number of rotatable bonds is 6. The summed E-state index contributed by atoms with van der Waals surface area (Å²) in [6.07, 6.45) is 1.22. The zero-order valence-electron chi connectivity index (χ0n) is 8.75. The SMILES string of the molecule is CCN(CCCBr)Cc1ccccc1. The van der Waals surface area contributed by atoms with Crippen LogP contribution in [0.2, 0.25) is 0 Å². The summed E-state index contributed by atoms with van der Waals surface area (Å²) < 4.78 is 0. The Kier molecular flexibility index (Phi) is 5.88. The first-order valence-electron chi connectivity index (χ1n) is 5.19. The van der Waals surface area contributed by atoms with Gasteiger partial charge in [-0.05, 0) is 25.1 Å². The van der Waals surface area contributed by atoms with E-state index in [0.717, 1.165) is 18.4 Å². The standard InChI is InChI=1S/C12H18BrN/c1-2-14(10-6-9-13)11-12-7-4-3-5-8-12/h3-5,7-8H,2,6,9-11H2,1H3. The largest absolute Gasteiger partial charge is 0.299 e.